The molecule has 1 aromatic carbocycles. The third-order valence-electron chi connectivity index (χ3n) is 5.74. The van der Waals surface area contributed by atoms with Crippen LogP contribution in [0.15, 0.2) is 24.3 Å². The van der Waals surface area contributed by atoms with Crippen molar-refractivity contribution in [3.05, 3.63) is 29.8 Å². The summed E-state index contributed by atoms with van der Waals surface area (Å²) in [6.07, 6.45) is 1.63. The van der Waals surface area contributed by atoms with E-state index in [0.717, 1.165) is 30.6 Å². The van der Waals surface area contributed by atoms with Gasteiger partial charge in [0.15, 0.2) is 0 Å². The molecule has 2 N–H and O–H groups in total. The number of fused-ring (bicyclic) bond motifs is 1. The largest absolute Gasteiger partial charge is 0.375 e. The third kappa shape index (κ3) is 3.46. The molecule has 26 heavy (non-hydrogen) atoms. The minimum atomic E-state index is -0.249. The second-order valence-corrected chi connectivity index (χ2v) is 7.22. The van der Waals surface area contributed by atoms with Gasteiger partial charge in [0.25, 0.3) is 0 Å². The van der Waals surface area contributed by atoms with Gasteiger partial charge in [-0.05, 0) is 37.3 Å². The first kappa shape index (κ1) is 19.1. The Morgan fingerprint density at radius 3 is 2.69 bits per heavy atom. The molecule has 6 nitrogen and oxygen atoms in total. The molecule has 0 spiro atoms. The number of nitrogens with zero attached hydrogens (tertiary/aromatic N) is 1. The highest BCUT2D eigenvalue weighted by Gasteiger charge is 2.40. The van der Waals surface area contributed by atoms with Crippen molar-refractivity contribution in [3.8, 4) is 0 Å². The summed E-state index contributed by atoms with van der Waals surface area (Å²) < 4.78 is 5.59. The number of carbonyl (C=O) groups is 2. The Kier molecular flexibility index (Phi) is 5.85. The fourth-order valence-corrected chi connectivity index (χ4v) is 4.36. The van der Waals surface area contributed by atoms with E-state index in [1.54, 1.807) is 0 Å². The van der Waals surface area contributed by atoms with E-state index in [2.05, 4.69) is 10.6 Å². The first-order valence-corrected chi connectivity index (χ1v) is 9.18. The summed E-state index contributed by atoms with van der Waals surface area (Å²) in [5.41, 5.74) is 2.04. The molecule has 0 aromatic heterocycles. The second-order valence-electron chi connectivity index (χ2n) is 7.22. The van der Waals surface area contributed by atoms with Crippen LogP contribution in [0, 0.1) is 5.92 Å². The number of hydrogen-bond acceptors (Lipinski definition) is 4. The van der Waals surface area contributed by atoms with Crippen LogP contribution in [0.1, 0.15) is 31.2 Å². The highest BCUT2D eigenvalue weighted by molar-refractivity contribution is 6.03. The summed E-state index contributed by atoms with van der Waals surface area (Å²) in [5, 5.41) is 6.26. The Balaban J connectivity index is 0.00000196. The van der Waals surface area contributed by atoms with Crippen molar-refractivity contribution in [1.82, 2.24) is 10.2 Å². The molecule has 4 rings (SSSR count). The fourth-order valence-electron chi connectivity index (χ4n) is 4.36. The predicted molar refractivity (Wildman–Crippen MR) is 102 cm³/mol. The molecule has 1 aromatic rings. The summed E-state index contributed by atoms with van der Waals surface area (Å²) in [6, 6.07) is 7.69. The van der Waals surface area contributed by atoms with Crippen LogP contribution in [0.5, 0.6) is 0 Å². The van der Waals surface area contributed by atoms with Crippen molar-refractivity contribution in [2.45, 2.75) is 37.8 Å². The maximum Gasteiger partial charge on any atom is 0.242 e. The lowest BCUT2D eigenvalue weighted by atomic mass is 9.80. The van der Waals surface area contributed by atoms with Gasteiger partial charge in [0, 0.05) is 25.3 Å². The highest BCUT2D eigenvalue weighted by atomic mass is 35.5. The number of nitrogens with one attached hydrogen (secondary N) is 2. The van der Waals surface area contributed by atoms with Gasteiger partial charge in [0.2, 0.25) is 11.8 Å². The normalized spacial score (nSPS) is 28.9. The van der Waals surface area contributed by atoms with E-state index in [-0.39, 0.29) is 42.3 Å². The van der Waals surface area contributed by atoms with E-state index < -0.39 is 0 Å². The summed E-state index contributed by atoms with van der Waals surface area (Å²) in [6.45, 7) is 4.74. The number of para-hydroxylation sites is 1. The van der Waals surface area contributed by atoms with E-state index in [0.29, 0.717) is 25.6 Å². The fraction of sp³-hybridized carbons (Fsp3) is 0.579. The predicted octanol–water partition coefficient (Wildman–Crippen LogP) is 1.76. The SMILES string of the molecule is C[C@H]1OCCN[C@@H]1C(=O)N1CCC(C2C(=O)Nc3ccccc32)CC1.Cl. The molecule has 0 bridgehead atoms. The molecule has 3 aliphatic heterocycles. The summed E-state index contributed by atoms with van der Waals surface area (Å²) >= 11 is 0. The Bertz CT molecular complexity index is 676. The number of rotatable bonds is 2. The zero-order chi connectivity index (χ0) is 17.4. The van der Waals surface area contributed by atoms with Crippen LogP contribution in [0.3, 0.4) is 0 Å². The third-order valence-corrected chi connectivity index (χ3v) is 5.74. The monoisotopic (exact) mass is 379 g/mol. The number of carbonyl (C=O) groups excluding carboxylic acids is 2. The van der Waals surface area contributed by atoms with Gasteiger partial charge in [0.05, 0.1) is 18.6 Å². The van der Waals surface area contributed by atoms with Crippen molar-refractivity contribution in [2.24, 2.45) is 5.92 Å². The summed E-state index contributed by atoms with van der Waals surface area (Å²) in [7, 11) is 0. The van der Waals surface area contributed by atoms with Crippen molar-refractivity contribution in [3.63, 3.8) is 0 Å². The maximum atomic E-state index is 12.8. The van der Waals surface area contributed by atoms with Gasteiger partial charge in [-0.1, -0.05) is 18.2 Å². The van der Waals surface area contributed by atoms with E-state index in [1.165, 1.54) is 0 Å². The molecule has 0 aliphatic carbocycles. The molecule has 3 aliphatic rings. The molecule has 7 heteroatoms. The lowest BCUT2D eigenvalue weighted by molar-refractivity contribution is -0.141. The van der Waals surface area contributed by atoms with E-state index in [1.807, 2.05) is 36.1 Å². The van der Waals surface area contributed by atoms with Crippen molar-refractivity contribution in [2.75, 3.05) is 31.6 Å². The lowest BCUT2D eigenvalue weighted by Crippen LogP contribution is -2.57. The van der Waals surface area contributed by atoms with Gasteiger partial charge < -0.3 is 20.3 Å². The quantitative estimate of drug-likeness (QED) is 0.821. The number of piperidine rings is 1. The van der Waals surface area contributed by atoms with Crippen molar-refractivity contribution in [1.29, 1.82) is 0 Å². The zero-order valence-electron chi connectivity index (χ0n) is 14.9. The van der Waals surface area contributed by atoms with Crippen LogP contribution in [-0.2, 0) is 14.3 Å². The molecule has 3 atom stereocenters. The first-order chi connectivity index (χ1) is 12.1. The van der Waals surface area contributed by atoms with Crippen LogP contribution in [-0.4, -0.2) is 55.1 Å². The molecule has 0 radical (unpaired) electrons. The van der Waals surface area contributed by atoms with Crippen LogP contribution in [0.2, 0.25) is 0 Å². The number of anilines is 1. The van der Waals surface area contributed by atoms with E-state index in [9.17, 15) is 9.59 Å². The Morgan fingerprint density at radius 2 is 1.96 bits per heavy atom. The Hall–Kier alpha value is -1.63. The number of hydrogen-bond donors (Lipinski definition) is 2. The molecular weight excluding hydrogens is 354 g/mol. The van der Waals surface area contributed by atoms with Gasteiger partial charge in [-0.3, -0.25) is 9.59 Å². The number of amides is 2. The minimum Gasteiger partial charge on any atom is -0.375 e. The molecule has 142 valence electrons. The second kappa shape index (κ2) is 7.94. The van der Waals surface area contributed by atoms with Crippen molar-refractivity contribution < 1.29 is 14.3 Å². The lowest BCUT2D eigenvalue weighted by Gasteiger charge is -2.38. The van der Waals surface area contributed by atoms with Gasteiger partial charge in [-0.25, -0.2) is 0 Å². The Labute approximate surface area is 160 Å². The number of benzene rings is 1. The standard InChI is InChI=1S/C19H25N3O3.ClH/c1-12-17(20-8-11-25-12)19(24)22-9-6-13(7-10-22)16-14-4-2-3-5-15(14)21-18(16)23;/h2-5,12-13,16-17,20H,6-11H2,1H3,(H,21,23);1H/t12-,16?,17+;/m1./s1. The summed E-state index contributed by atoms with van der Waals surface area (Å²) in [5.74, 6) is 0.438. The maximum absolute atomic E-state index is 12.8. The zero-order valence-corrected chi connectivity index (χ0v) is 15.8. The summed E-state index contributed by atoms with van der Waals surface area (Å²) in [4.78, 5) is 27.1. The molecule has 2 fully saturated rings. The smallest absolute Gasteiger partial charge is 0.242 e. The minimum absolute atomic E-state index is 0. The molecule has 2 amide bonds. The van der Waals surface area contributed by atoms with E-state index >= 15 is 0 Å². The molecule has 0 saturated carbocycles. The van der Waals surface area contributed by atoms with Gasteiger partial charge >= 0.3 is 0 Å². The van der Waals surface area contributed by atoms with Crippen LogP contribution < -0.4 is 10.6 Å². The van der Waals surface area contributed by atoms with Crippen LogP contribution >= 0.6 is 12.4 Å². The number of likely N-dealkylation sites (tertiary alicyclic amines) is 1. The van der Waals surface area contributed by atoms with Crippen LogP contribution in [0.4, 0.5) is 5.69 Å². The average molecular weight is 380 g/mol. The van der Waals surface area contributed by atoms with Gasteiger partial charge in [-0.15, -0.1) is 12.4 Å². The molecule has 3 heterocycles. The highest BCUT2D eigenvalue weighted by Crippen LogP contribution is 2.41. The van der Waals surface area contributed by atoms with Gasteiger partial charge in [-0.2, -0.15) is 0 Å². The van der Waals surface area contributed by atoms with Crippen molar-refractivity contribution >= 4 is 29.9 Å². The first-order valence-electron chi connectivity index (χ1n) is 9.18. The Morgan fingerprint density at radius 1 is 1.23 bits per heavy atom. The van der Waals surface area contributed by atoms with Gasteiger partial charge in [0.1, 0.15) is 6.04 Å². The average Bonchev–Trinajstić information content (AvgIpc) is 2.97. The molecular formula is C19H26ClN3O3. The number of halogens is 1. The van der Waals surface area contributed by atoms with E-state index in [4.69, 9.17) is 4.74 Å². The number of ether oxygens (including phenoxy) is 1. The van der Waals surface area contributed by atoms with Crippen LogP contribution in [0.25, 0.3) is 0 Å². The topological polar surface area (TPSA) is 70.7 Å². The number of morpholine rings is 1. The molecule has 1 unspecified atom stereocenters. The molecule has 2 saturated heterocycles.